The third-order valence-corrected chi connectivity index (χ3v) is 12.9. The molecule has 0 radical (unpaired) electrons. The number of rotatable bonds is 6. The van der Waals surface area contributed by atoms with Crippen LogP contribution in [0.1, 0.15) is 111 Å². The molecule has 0 heterocycles. The van der Waals surface area contributed by atoms with Crippen molar-refractivity contribution in [3.05, 3.63) is 0 Å². The van der Waals surface area contributed by atoms with Gasteiger partial charge >= 0.3 is 0 Å². The highest BCUT2D eigenvalue weighted by atomic mass is 79.9. The van der Waals surface area contributed by atoms with Gasteiger partial charge in [0.25, 0.3) is 0 Å². The van der Waals surface area contributed by atoms with E-state index in [0.29, 0.717) is 14.6 Å². The van der Waals surface area contributed by atoms with E-state index in [0.717, 1.165) is 41.4 Å². The van der Waals surface area contributed by atoms with Gasteiger partial charge in [-0.2, -0.15) is 0 Å². The lowest BCUT2D eigenvalue weighted by Crippen LogP contribution is -2.53. The van der Waals surface area contributed by atoms with Crippen LogP contribution in [0.3, 0.4) is 0 Å². The van der Waals surface area contributed by atoms with Crippen molar-refractivity contribution in [1.29, 1.82) is 0 Å². The maximum Gasteiger partial charge on any atom is 0.0723 e. The van der Waals surface area contributed by atoms with E-state index in [1.54, 1.807) is 38.5 Å². The Balaban J connectivity index is 1.41. The molecule has 0 amide bonds. The molecule has 0 bridgehead atoms. The molecule has 9 atom stereocenters. The van der Waals surface area contributed by atoms with Crippen molar-refractivity contribution >= 4 is 31.9 Å². The molecule has 0 aromatic heterocycles. The smallest absolute Gasteiger partial charge is 0.0723 e. The van der Waals surface area contributed by atoms with Crippen molar-refractivity contribution in [2.24, 2.45) is 52.3 Å². The molecule has 4 saturated carbocycles. The molecule has 0 aromatic carbocycles. The SMILES string of the molecule is CC(CCC[C@@H](C)[C@H]1CC[C@H]2[C@@H]3CCC4CCCC[C@]4(C)[C@H]3CC[C@]12C)C(Br)Br. The Kier molecular flexibility index (Phi) is 7.23. The first-order valence-corrected chi connectivity index (χ1v) is 14.9. The molecule has 0 spiro atoms. The Morgan fingerprint density at radius 1 is 0.793 bits per heavy atom. The van der Waals surface area contributed by atoms with Crippen molar-refractivity contribution in [3.8, 4) is 0 Å². The van der Waals surface area contributed by atoms with E-state index in [1.165, 1.54) is 44.9 Å². The third-order valence-electron chi connectivity index (χ3n) is 11.1. The van der Waals surface area contributed by atoms with Crippen LogP contribution in [0.25, 0.3) is 0 Å². The predicted molar refractivity (Wildman–Crippen MR) is 134 cm³/mol. The number of alkyl halides is 2. The highest BCUT2D eigenvalue weighted by Gasteiger charge is 2.59. The summed E-state index contributed by atoms with van der Waals surface area (Å²) in [4.78, 5) is 0. The van der Waals surface area contributed by atoms with Gasteiger partial charge in [0.05, 0.1) is 3.74 Å². The van der Waals surface area contributed by atoms with Crippen molar-refractivity contribution < 1.29 is 0 Å². The number of hydrogen-bond acceptors (Lipinski definition) is 0. The van der Waals surface area contributed by atoms with E-state index in [1.807, 2.05) is 0 Å². The van der Waals surface area contributed by atoms with Crippen LogP contribution in [0.5, 0.6) is 0 Å². The average molecular weight is 530 g/mol. The van der Waals surface area contributed by atoms with E-state index in [4.69, 9.17) is 0 Å². The lowest BCUT2D eigenvalue weighted by atomic mass is 9.44. The normalized spacial score (nSPS) is 46.7. The molecule has 0 nitrogen and oxygen atoms in total. The molecule has 4 aliphatic carbocycles. The molecule has 168 valence electrons. The standard InChI is InChI=1S/C27H46Br2/c1-18(8-7-9-19(2)25(28)29)22-13-14-23-21-12-11-20-10-5-6-16-26(20,3)24(21)15-17-27(22,23)4/h18-25H,5-17H2,1-4H3/t18-,19?,20?,21+,22-,23+,24+,26+,27-/m1/s1. The van der Waals surface area contributed by atoms with Crippen LogP contribution in [-0.4, -0.2) is 3.74 Å². The first kappa shape index (κ1) is 23.1. The van der Waals surface area contributed by atoms with Crippen molar-refractivity contribution in [2.75, 3.05) is 0 Å². The molecule has 0 saturated heterocycles. The van der Waals surface area contributed by atoms with Crippen LogP contribution >= 0.6 is 31.9 Å². The van der Waals surface area contributed by atoms with E-state index in [2.05, 4.69) is 59.6 Å². The van der Waals surface area contributed by atoms with Gasteiger partial charge in [-0.15, -0.1) is 0 Å². The summed E-state index contributed by atoms with van der Waals surface area (Å²) in [5.74, 6) is 6.87. The fourth-order valence-corrected chi connectivity index (χ4v) is 9.89. The van der Waals surface area contributed by atoms with Gasteiger partial charge in [-0.3, -0.25) is 0 Å². The summed E-state index contributed by atoms with van der Waals surface area (Å²) in [6, 6.07) is 0. The minimum Gasteiger partial charge on any atom is -0.0762 e. The van der Waals surface area contributed by atoms with Gasteiger partial charge < -0.3 is 0 Å². The summed E-state index contributed by atoms with van der Waals surface area (Å²) in [5.41, 5.74) is 1.35. The summed E-state index contributed by atoms with van der Waals surface area (Å²) in [6.07, 6.45) is 19.6. The highest BCUT2D eigenvalue weighted by Crippen LogP contribution is 2.68. The first-order chi connectivity index (χ1) is 13.8. The van der Waals surface area contributed by atoms with Gasteiger partial charge in [0, 0.05) is 0 Å². The Morgan fingerprint density at radius 3 is 2.31 bits per heavy atom. The molecule has 29 heavy (non-hydrogen) atoms. The zero-order chi connectivity index (χ0) is 20.8. The first-order valence-electron chi connectivity index (χ1n) is 13.1. The second kappa shape index (κ2) is 9.07. The fraction of sp³-hybridized carbons (Fsp3) is 1.00. The average Bonchev–Trinajstić information content (AvgIpc) is 3.04. The Labute approximate surface area is 198 Å². The minimum atomic E-state index is 0.477. The van der Waals surface area contributed by atoms with Gasteiger partial charge in [-0.1, -0.05) is 85.2 Å². The van der Waals surface area contributed by atoms with Crippen LogP contribution in [0.4, 0.5) is 0 Å². The Hall–Kier alpha value is 0.960. The molecule has 4 rings (SSSR count). The summed E-state index contributed by atoms with van der Waals surface area (Å²) in [6.45, 7) is 10.4. The maximum atomic E-state index is 3.70. The summed E-state index contributed by atoms with van der Waals surface area (Å²) in [5, 5.41) is 0. The van der Waals surface area contributed by atoms with E-state index >= 15 is 0 Å². The van der Waals surface area contributed by atoms with Gasteiger partial charge in [0.15, 0.2) is 0 Å². The zero-order valence-corrected chi connectivity index (χ0v) is 22.7. The molecular weight excluding hydrogens is 484 g/mol. The third kappa shape index (κ3) is 4.18. The lowest BCUT2D eigenvalue weighted by molar-refractivity contribution is -0.114. The van der Waals surface area contributed by atoms with E-state index < -0.39 is 0 Å². The minimum absolute atomic E-state index is 0.477. The van der Waals surface area contributed by atoms with Gasteiger partial charge in [-0.25, -0.2) is 0 Å². The topological polar surface area (TPSA) is 0 Å². The predicted octanol–water partition coefficient (Wildman–Crippen LogP) is 9.59. The van der Waals surface area contributed by atoms with Crippen molar-refractivity contribution in [1.82, 2.24) is 0 Å². The molecule has 0 N–H and O–H groups in total. The molecule has 2 heteroatoms. The molecule has 4 aliphatic rings. The number of fused-ring (bicyclic) bond motifs is 5. The van der Waals surface area contributed by atoms with Crippen LogP contribution in [0.2, 0.25) is 0 Å². The number of halogens is 2. The van der Waals surface area contributed by atoms with Crippen molar-refractivity contribution in [2.45, 2.75) is 115 Å². The van der Waals surface area contributed by atoms with Crippen LogP contribution < -0.4 is 0 Å². The highest BCUT2D eigenvalue weighted by molar-refractivity contribution is 9.24. The molecule has 2 unspecified atom stereocenters. The summed E-state index contributed by atoms with van der Waals surface area (Å²) in [7, 11) is 0. The summed E-state index contributed by atoms with van der Waals surface area (Å²) < 4.78 is 0.477. The second-order valence-electron chi connectivity index (χ2n) is 12.4. The van der Waals surface area contributed by atoms with Crippen LogP contribution in [0, 0.1) is 52.3 Å². The number of hydrogen-bond donors (Lipinski definition) is 0. The Bertz CT molecular complexity index is 559. The molecule has 4 fully saturated rings. The van der Waals surface area contributed by atoms with Crippen LogP contribution in [-0.2, 0) is 0 Å². The molecule has 0 aliphatic heterocycles. The van der Waals surface area contributed by atoms with Crippen LogP contribution in [0.15, 0.2) is 0 Å². The second-order valence-corrected chi connectivity index (χ2v) is 15.6. The quantitative estimate of drug-likeness (QED) is 0.300. The summed E-state index contributed by atoms with van der Waals surface area (Å²) >= 11 is 7.41. The lowest BCUT2D eigenvalue weighted by Gasteiger charge is -2.61. The van der Waals surface area contributed by atoms with Gasteiger partial charge in [-0.05, 0) is 110 Å². The maximum absolute atomic E-state index is 3.70. The fourth-order valence-electron chi connectivity index (χ4n) is 9.36. The molecule has 0 aromatic rings. The molecular formula is C27H46Br2. The largest absolute Gasteiger partial charge is 0.0762 e. The van der Waals surface area contributed by atoms with Gasteiger partial charge in [0.1, 0.15) is 0 Å². The monoisotopic (exact) mass is 528 g/mol. The van der Waals surface area contributed by atoms with E-state index in [9.17, 15) is 0 Å². The van der Waals surface area contributed by atoms with Crippen molar-refractivity contribution in [3.63, 3.8) is 0 Å². The van der Waals surface area contributed by atoms with E-state index in [-0.39, 0.29) is 0 Å². The zero-order valence-electron chi connectivity index (χ0n) is 19.6. The van der Waals surface area contributed by atoms with Gasteiger partial charge in [0.2, 0.25) is 0 Å². The Morgan fingerprint density at radius 2 is 1.55 bits per heavy atom.